The van der Waals surface area contributed by atoms with Gasteiger partial charge in [-0.15, -0.1) is 0 Å². The number of hydrogen-bond donors (Lipinski definition) is 3. The maximum absolute atomic E-state index is 9.20. The monoisotopic (exact) mass is 190 g/mol. The van der Waals surface area contributed by atoms with Gasteiger partial charge in [-0.1, -0.05) is 18.2 Å². The van der Waals surface area contributed by atoms with Gasteiger partial charge in [0, 0.05) is 6.20 Å². The van der Waals surface area contributed by atoms with E-state index in [0.717, 1.165) is 11.1 Å². The lowest BCUT2D eigenvalue weighted by Crippen LogP contribution is -2.20. The molecule has 0 fully saturated rings. The molecule has 74 valence electrons. The van der Waals surface area contributed by atoms with Gasteiger partial charge < -0.3 is 15.4 Å². The normalized spacial score (nSPS) is 13.3. The molecule has 0 aliphatic heterocycles. The van der Waals surface area contributed by atoms with E-state index in [9.17, 15) is 5.11 Å². The van der Waals surface area contributed by atoms with Crippen molar-refractivity contribution in [1.82, 2.24) is 10.3 Å². The molecule has 3 nitrogen and oxygen atoms in total. The van der Waals surface area contributed by atoms with E-state index in [4.69, 9.17) is 0 Å². The van der Waals surface area contributed by atoms with Gasteiger partial charge in [0.15, 0.2) is 0 Å². The summed E-state index contributed by atoms with van der Waals surface area (Å²) < 4.78 is 0. The summed E-state index contributed by atoms with van der Waals surface area (Å²) in [5.74, 6) is 0. The fraction of sp³-hybridized carbons (Fsp3) is 0.273. The number of rotatable bonds is 3. The SMILES string of the molecule is CN[C@H](CO)c1cccc2cc[nH]c12. The Kier molecular flexibility index (Phi) is 2.52. The molecule has 1 heterocycles. The maximum atomic E-state index is 9.20. The zero-order valence-corrected chi connectivity index (χ0v) is 8.12. The molecule has 0 amide bonds. The second-order valence-electron chi connectivity index (χ2n) is 3.31. The van der Waals surface area contributed by atoms with E-state index in [1.165, 1.54) is 5.39 Å². The summed E-state index contributed by atoms with van der Waals surface area (Å²) in [4.78, 5) is 3.19. The van der Waals surface area contributed by atoms with Crippen molar-refractivity contribution in [1.29, 1.82) is 0 Å². The third-order valence-electron chi connectivity index (χ3n) is 2.53. The molecule has 2 aromatic rings. The first-order valence-corrected chi connectivity index (χ1v) is 4.71. The molecule has 1 aromatic heterocycles. The first kappa shape index (κ1) is 9.24. The topological polar surface area (TPSA) is 48.0 Å². The third kappa shape index (κ3) is 1.41. The Morgan fingerprint density at radius 2 is 2.29 bits per heavy atom. The summed E-state index contributed by atoms with van der Waals surface area (Å²) in [5.41, 5.74) is 2.21. The molecule has 0 aliphatic rings. The number of aliphatic hydroxyl groups excluding tert-OH is 1. The van der Waals surface area contributed by atoms with E-state index in [1.54, 1.807) is 0 Å². The molecule has 0 unspecified atom stereocenters. The standard InChI is InChI=1S/C11H14N2O/c1-12-10(7-14)9-4-2-3-8-5-6-13-11(8)9/h2-6,10,12-14H,7H2,1H3/t10-/m1/s1. The molecule has 0 saturated heterocycles. The fourth-order valence-electron chi connectivity index (χ4n) is 1.74. The van der Waals surface area contributed by atoms with E-state index in [1.807, 2.05) is 31.4 Å². The number of nitrogens with one attached hydrogen (secondary N) is 2. The van der Waals surface area contributed by atoms with Gasteiger partial charge in [0.25, 0.3) is 0 Å². The van der Waals surface area contributed by atoms with Crippen LogP contribution in [-0.4, -0.2) is 23.7 Å². The number of aromatic amines is 1. The minimum atomic E-state index is -0.00245. The minimum absolute atomic E-state index is 0.00245. The van der Waals surface area contributed by atoms with Crippen LogP contribution in [0, 0.1) is 0 Å². The van der Waals surface area contributed by atoms with E-state index >= 15 is 0 Å². The number of benzene rings is 1. The van der Waals surface area contributed by atoms with Crippen LogP contribution >= 0.6 is 0 Å². The molecule has 1 atom stereocenters. The highest BCUT2D eigenvalue weighted by Gasteiger charge is 2.11. The number of hydrogen-bond acceptors (Lipinski definition) is 2. The molecule has 0 bridgehead atoms. The Hall–Kier alpha value is -1.32. The van der Waals surface area contributed by atoms with Crippen molar-refractivity contribution in [2.45, 2.75) is 6.04 Å². The zero-order chi connectivity index (χ0) is 9.97. The number of para-hydroxylation sites is 1. The van der Waals surface area contributed by atoms with Crippen molar-refractivity contribution in [2.24, 2.45) is 0 Å². The van der Waals surface area contributed by atoms with E-state index in [0.29, 0.717) is 0 Å². The van der Waals surface area contributed by atoms with Crippen LogP contribution in [0.25, 0.3) is 10.9 Å². The van der Waals surface area contributed by atoms with E-state index in [2.05, 4.69) is 16.4 Å². The van der Waals surface area contributed by atoms with Gasteiger partial charge in [-0.05, 0) is 24.1 Å². The molecule has 0 aliphatic carbocycles. The smallest absolute Gasteiger partial charge is 0.0627 e. The second-order valence-corrected chi connectivity index (χ2v) is 3.31. The summed E-state index contributed by atoms with van der Waals surface area (Å²) in [7, 11) is 1.85. The fourth-order valence-corrected chi connectivity index (χ4v) is 1.74. The lowest BCUT2D eigenvalue weighted by atomic mass is 10.1. The van der Waals surface area contributed by atoms with Gasteiger partial charge >= 0.3 is 0 Å². The second kappa shape index (κ2) is 3.82. The van der Waals surface area contributed by atoms with Gasteiger partial charge in [0.05, 0.1) is 18.2 Å². The van der Waals surface area contributed by atoms with Crippen LogP contribution in [0.4, 0.5) is 0 Å². The molecule has 1 aromatic carbocycles. The summed E-state index contributed by atoms with van der Waals surface area (Å²) in [6.07, 6.45) is 1.91. The van der Waals surface area contributed by atoms with Gasteiger partial charge in [0.1, 0.15) is 0 Å². The largest absolute Gasteiger partial charge is 0.394 e. The molecule has 0 spiro atoms. The van der Waals surface area contributed by atoms with Crippen molar-refractivity contribution in [2.75, 3.05) is 13.7 Å². The summed E-state index contributed by atoms with van der Waals surface area (Å²) in [6.45, 7) is 0.106. The average molecular weight is 190 g/mol. The van der Waals surface area contributed by atoms with Crippen molar-refractivity contribution in [3.8, 4) is 0 Å². The highest BCUT2D eigenvalue weighted by molar-refractivity contribution is 5.82. The zero-order valence-electron chi connectivity index (χ0n) is 8.12. The molecule has 0 saturated carbocycles. The predicted octanol–water partition coefficient (Wildman–Crippen LogP) is 1.42. The van der Waals surface area contributed by atoms with E-state index in [-0.39, 0.29) is 12.6 Å². The molecule has 3 heteroatoms. The molecule has 0 radical (unpaired) electrons. The van der Waals surface area contributed by atoms with Crippen molar-refractivity contribution in [3.05, 3.63) is 36.0 Å². The van der Waals surface area contributed by atoms with Crippen molar-refractivity contribution >= 4 is 10.9 Å². The van der Waals surface area contributed by atoms with Crippen LogP contribution in [0.3, 0.4) is 0 Å². The summed E-state index contributed by atoms with van der Waals surface area (Å²) >= 11 is 0. The first-order valence-electron chi connectivity index (χ1n) is 4.71. The molecular weight excluding hydrogens is 176 g/mol. The number of fused-ring (bicyclic) bond motifs is 1. The van der Waals surface area contributed by atoms with Crippen molar-refractivity contribution < 1.29 is 5.11 Å². The Morgan fingerprint density at radius 1 is 1.43 bits per heavy atom. The lowest BCUT2D eigenvalue weighted by Gasteiger charge is -2.14. The summed E-state index contributed by atoms with van der Waals surface area (Å²) in [5, 5.41) is 13.5. The quantitative estimate of drug-likeness (QED) is 0.685. The van der Waals surface area contributed by atoms with Gasteiger partial charge in [-0.25, -0.2) is 0 Å². The third-order valence-corrected chi connectivity index (χ3v) is 2.53. The average Bonchev–Trinajstić information content (AvgIpc) is 2.68. The van der Waals surface area contributed by atoms with Gasteiger partial charge in [-0.3, -0.25) is 0 Å². The first-order chi connectivity index (χ1) is 6.86. The Labute approximate surface area is 82.8 Å². The van der Waals surface area contributed by atoms with Gasteiger partial charge in [-0.2, -0.15) is 0 Å². The molecule has 2 rings (SSSR count). The predicted molar refractivity (Wildman–Crippen MR) is 57.2 cm³/mol. The Morgan fingerprint density at radius 3 is 3.00 bits per heavy atom. The minimum Gasteiger partial charge on any atom is -0.394 e. The van der Waals surface area contributed by atoms with Crippen LogP contribution in [-0.2, 0) is 0 Å². The highest BCUT2D eigenvalue weighted by Crippen LogP contribution is 2.22. The number of H-pyrrole nitrogens is 1. The number of aromatic nitrogens is 1. The van der Waals surface area contributed by atoms with Crippen molar-refractivity contribution in [3.63, 3.8) is 0 Å². The van der Waals surface area contributed by atoms with Crippen LogP contribution in [0.15, 0.2) is 30.5 Å². The van der Waals surface area contributed by atoms with E-state index < -0.39 is 0 Å². The molecular formula is C11H14N2O. The molecule has 14 heavy (non-hydrogen) atoms. The highest BCUT2D eigenvalue weighted by atomic mass is 16.3. The van der Waals surface area contributed by atoms with Crippen LogP contribution in [0.2, 0.25) is 0 Å². The Balaban J connectivity index is 2.54. The van der Waals surface area contributed by atoms with Gasteiger partial charge in [0.2, 0.25) is 0 Å². The number of aliphatic hydroxyl groups is 1. The summed E-state index contributed by atoms with van der Waals surface area (Å²) in [6, 6.07) is 8.11. The van der Waals surface area contributed by atoms with Crippen LogP contribution in [0.1, 0.15) is 11.6 Å². The number of likely N-dealkylation sites (N-methyl/N-ethyl adjacent to an activating group) is 1. The van der Waals surface area contributed by atoms with Crippen LogP contribution in [0.5, 0.6) is 0 Å². The van der Waals surface area contributed by atoms with Crippen LogP contribution < -0.4 is 5.32 Å². The maximum Gasteiger partial charge on any atom is 0.0627 e. The Bertz CT molecular complexity index is 418. The lowest BCUT2D eigenvalue weighted by molar-refractivity contribution is 0.251. The molecule has 3 N–H and O–H groups in total.